The molecular weight excluding hydrogens is 396 g/mol. The van der Waals surface area contributed by atoms with Crippen LogP contribution in [-0.4, -0.2) is 56.9 Å². The third-order valence-corrected chi connectivity index (χ3v) is 4.57. The Balaban J connectivity index is 1.81. The maximum absolute atomic E-state index is 12.1. The normalized spacial score (nSPS) is 11.0. The van der Waals surface area contributed by atoms with Crippen LogP contribution in [0.3, 0.4) is 0 Å². The lowest BCUT2D eigenvalue weighted by Gasteiger charge is -2.17. The van der Waals surface area contributed by atoms with Gasteiger partial charge in [0.15, 0.2) is 6.79 Å². The Labute approximate surface area is 183 Å². The average molecular weight is 427 g/mol. The summed E-state index contributed by atoms with van der Waals surface area (Å²) in [7, 11) is 1.56. The van der Waals surface area contributed by atoms with Crippen molar-refractivity contribution in [2.24, 2.45) is 0 Å². The molecule has 2 aromatic rings. The maximum Gasteiger partial charge on any atom is 0.338 e. The molecule has 7 heteroatoms. The van der Waals surface area contributed by atoms with E-state index in [4.69, 9.17) is 14.2 Å². The summed E-state index contributed by atoms with van der Waals surface area (Å²) >= 11 is 0. The Bertz CT molecular complexity index is 843. The van der Waals surface area contributed by atoms with Gasteiger partial charge in [-0.2, -0.15) is 0 Å². The third kappa shape index (κ3) is 8.62. The molecule has 0 unspecified atom stereocenters. The minimum atomic E-state index is -0.372. The molecule has 7 nitrogen and oxygen atoms in total. The van der Waals surface area contributed by atoms with Crippen molar-refractivity contribution in [3.63, 3.8) is 0 Å². The van der Waals surface area contributed by atoms with Crippen LogP contribution in [0.4, 0.5) is 5.69 Å². The summed E-state index contributed by atoms with van der Waals surface area (Å²) in [5.74, 6) is 0.0484. The summed E-state index contributed by atoms with van der Waals surface area (Å²) < 4.78 is 15.5. The van der Waals surface area contributed by atoms with Gasteiger partial charge in [-0.15, -0.1) is 0 Å². The van der Waals surface area contributed by atoms with Gasteiger partial charge in [0.05, 0.1) is 5.56 Å². The molecule has 0 heterocycles. The molecule has 0 aliphatic rings. The predicted molar refractivity (Wildman–Crippen MR) is 121 cm³/mol. The molecule has 0 aromatic heterocycles. The molecule has 0 bridgehead atoms. The van der Waals surface area contributed by atoms with Gasteiger partial charge in [-0.05, 0) is 61.1 Å². The van der Waals surface area contributed by atoms with E-state index in [-0.39, 0.29) is 18.7 Å². The molecule has 2 aromatic carbocycles. The third-order valence-electron chi connectivity index (χ3n) is 4.57. The second-order valence-electron chi connectivity index (χ2n) is 6.68. The number of methoxy groups -OCH3 is 1. The number of likely N-dealkylation sites (N-methyl/N-ethyl adjacent to an activating group) is 1. The molecule has 166 valence electrons. The second kappa shape index (κ2) is 13.2. The van der Waals surface area contributed by atoms with Crippen molar-refractivity contribution in [3.8, 4) is 5.75 Å². The lowest BCUT2D eigenvalue weighted by Crippen LogP contribution is -2.27. The van der Waals surface area contributed by atoms with Crippen LogP contribution in [0.2, 0.25) is 0 Å². The zero-order valence-electron chi connectivity index (χ0n) is 18.3. The first-order chi connectivity index (χ1) is 15.0. The van der Waals surface area contributed by atoms with Crippen LogP contribution in [0, 0.1) is 0 Å². The van der Waals surface area contributed by atoms with E-state index in [1.54, 1.807) is 49.6 Å². The van der Waals surface area contributed by atoms with Crippen molar-refractivity contribution in [3.05, 3.63) is 65.7 Å². The molecule has 0 aliphatic heterocycles. The number of nitrogens with one attached hydrogen (secondary N) is 1. The molecule has 0 atom stereocenters. The van der Waals surface area contributed by atoms with Gasteiger partial charge in [-0.3, -0.25) is 4.79 Å². The van der Waals surface area contributed by atoms with Crippen molar-refractivity contribution in [2.75, 3.05) is 45.5 Å². The van der Waals surface area contributed by atoms with Crippen molar-refractivity contribution in [1.29, 1.82) is 0 Å². The van der Waals surface area contributed by atoms with E-state index in [0.29, 0.717) is 30.2 Å². The van der Waals surface area contributed by atoms with E-state index in [2.05, 4.69) is 24.1 Å². The number of nitrogens with zero attached hydrogens (tertiary/aromatic N) is 1. The maximum atomic E-state index is 12.1. The van der Waals surface area contributed by atoms with Crippen LogP contribution in [0.1, 0.15) is 29.8 Å². The van der Waals surface area contributed by atoms with Crippen molar-refractivity contribution >= 4 is 23.6 Å². The van der Waals surface area contributed by atoms with E-state index in [9.17, 15) is 9.59 Å². The van der Waals surface area contributed by atoms with Crippen molar-refractivity contribution < 1.29 is 23.8 Å². The number of carbonyl (C=O) groups is 2. The monoisotopic (exact) mass is 426 g/mol. The number of anilines is 1. The van der Waals surface area contributed by atoms with Gasteiger partial charge in [-0.25, -0.2) is 4.79 Å². The summed E-state index contributed by atoms with van der Waals surface area (Å²) in [6.07, 6.45) is 3.15. The van der Waals surface area contributed by atoms with E-state index in [1.807, 2.05) is 12.1 Å². The topological polar surface area (TPSA) is 77.1 Å². The molecule has 0 fully saturated rings. The fourth-order valence-corrected chi connectivity index (χ4v) is 2.74. The standard InChI is InChI=1S/C24H30N2O5/c1-4-26(5-2)16-17-30-24(28)20-9-11-21(12-10-20)25-23(27)15-8-19-6-13-22(14-7-19)31-18-29-3/h6-15H,4-5,16-18H2,1-3H3,(H,25,27)/b15-8+. The molecule has 0 spiro atoms. The SMILES string of the molecule is CCN(CC)CCOC(=O)c1ccc(NC(=O)/C=C/c2ccc(OCOC)cc2)cc1. The Hall–Kier alpha value is -3.16. The first-order valence-corrected chi connectivity index (χ1v) is 10.3. The van der Waals surface area contributed by atoms with Gasteiger partial charge in [0, 0.05) is 25.4 Å². The number of carbonyl (C=O) groups excluding carboxylic acids is 2. The van der Waals surface area contributed by atoms with Crippen LogP contribution in [0.25, 0.3) is 6.08 Å². The molecular formula is C24H30N2O5. The van der Waals surface area contributed by atoms with Crippen LogP contribution < -0.4 is 10.1 Å². The van der Waals surface area contributed by atoms with Gasteiger partial charge >= 0.3 is 5.97 Å². The smallest absolute Gasteiger partial charge is 0.338 e. The first-order valence-electron chi connectivity index (χ1n) is 10.3. The zero-order valence-corrected chi connectivity index (χ0v) is 18.3. The van der Waals surface area contributed by atoms with E-state index in [1.165, 1.54) is 6.08 Å². The van der Waals surface area contributed by atoms with Crippen LogP contribution in [-0.2, 0) is 14.3 Å². The number of hydrogen-bond donors (Lipinski definition) is 1. The molecule has 0 aliphatic carbocycles. The lowest BCUT2D eigenvalue weighted by molar-refractivity contribution is -0.111. The van der Waals surface area contributed by atoms with Gasteiger partial charge in [0.2, 0.25) is 5.91 Å². The summed E-state index contributed by atoms with van der Waals surface area (Å²) in [5, 5.41) is 2.77. The molecule has 31 heavy (non-hydrogen) atoms. The van der Waals surface area contributed by atoms with E-state index >= 15 is 0 Å². The molecule has 2 rings (SSSR count). The van der Waals surface area contributed by atoms with Crippen LogP contribution in [0.5, 0.6) is 5.75 Å². The highest BCUT2D eigenvalue weighted by atomic mass is 16.7. The minimum Gasteiger partial charge on any atom is -0.468 e. The predicted octanol–water partition coefficient (Wildman–Crippen LogP) is 3.82. The highest BCUT2D eigenvalue weighted by Crippen LogP contribution is 2.14. The van der Waals surface area contributed by atoms with Crippen LogP contribution in [0.15, 0.2) is 54.6 Å². The molecule has 0 radical (unpaired) electrons. The quantitative estimate of drug-likeness (QED) is 0.316. The number of hydrogen-bond acceptors (Lipinski definition) is 6. The Morgan fingerprint density at radius 1 is 1.00 bits per heavy atom. The van der Waals surface area contributed by atoms with Gasteiger partial charge in [0.1, 0.15) is 12.4 Å². The number of benzene rings is 2. The van der Waals surface area contributed by atoms with Gasteiger partial charge < -0.3 is 24.4 Å². The largest absolute Gasteiger partial charge is 0.468 e. The Morgan fingerprint density at radius 3 is 2.29 bits per heavy atom. The number of amides is 1. The van der Waals surface area contributed by atoms with Crippen LogP contribution >= 0.6 is 0 Å². The minimum absolute atomic E-state index is 0.185. The fourth-order valence-electron chi connectivity index (χ4n) is 2.74. The van der Waals surface area contributed by atoms with Crippen molar-refractivity contribution in [1.82, 2.24) is 4.90 Å². The highest BCUT2D eigenvalue weighted by molar-refractivity contribution is 6.02. The molecule has 1 N–H and O–H groups in total. The van der Waals surface area contributed by atoms with Gasteiger partial charge in [0.25, 0.3) is 0 Å². The van der Waals surface area contributed by atoms with E-state index < -0.39 is 0 Å². The lowest BCUT2D eigenvalue weighted by atomic mass is 10.2. The number of ether oxygens (including phenoxy) is 3. The zero-order chi connectivity index (χ0) is 22.5. The number of esters is 1. The summed E-state index contributed by atoms with van der Waals surface area (Å²) in [6.45, 7) is 7.23. The van der Waals surface area contributed by atoms with Crippen molar-refractivity contribution in [2.45, 2.75) is 13.8 Å². The Kier molecular flexibility index (Phi) is 10.3. The second-order valence-corrected chi connectivity index (χ2v) is 6.68. The van der Waals surface area contributed by atoms with Gasteiger partial charge in [-0.1, -0.05) is 26.0 Å². The van der Waals surface area contributed by atoms with E-state index in [0.717, 1.165) is 18.7 Å². The first kappa shape index (κ1) is 24.1. The molecule has 0 saturated carbocycles. The average Bonchev–Trinajstić information content (AvgIpc) is 2.80. The highest BCUT2D eigenvalue weighted by Gasteiger charge is 2.08. The Morgan fingerprint density at radius 2 is 1.68 bits per heavy atom. The molecule has 1 amide bonds. The molecule has 0 saturated heterocycles. The summed E-state index contributed by atoms with van der Waals surface area (Å²) in [6, 6.07) is 13.9. The summed E-state index contributed by atoms with van der Waals surface area (Å²) in [4.78, 5) is 26.4. The number of rotatable bonds is 12. The summed E-state index contributed by atoms with van der Waals surface area (Å²) in [5.41, 5.74) is 1.91. The fraction of sp³-hybridized carbons (Fsp3) is 0.333.